The average molecular weight is 206 g/mol. The van der Waals surface area contributed by atoms with Crippen LogP contribution in [0.2, 0.25) is 0 Å². The number of hydrogen-bond donors (Lipinski definition) is 2. The van der Waals surface area contributed by atoms with E-state index < -0.39 is 0 Å². The van der Waals surface area contributed by atoms with Gasteiger partial charge in [0.1, 0.15) is 0 Å². The molecule has 1 aromatic rings. The standard InChI is InChI=1S/C12H18N2O/c1-9-8-14(7-6-12(9)15)11-4-2-10(13)3-5-11/h2-5,9,12,15H,6-8,13H2,1H3/t9-,12+/m1/s1. The lowest BCUT2D eigenvalue weighted by molar-refractivity contribution is 0.0971. The Balaban J connectivity index is 2.08. The predicted octanol–water partition coefficient (Wildman–Crippen LogP) is 1.48. The summed E-state index contributed by atoms with van der Waals surface area (Å²) in [6, 6.07) is 7.93. The number of aliphatic hydroxyl groups excluding tert-OH is 1. The predicted molar refractivity (Wildman–Crippen MR) is 62.9 cm³/mol. The average Bonchev–Trinajstić information content (AvgIpc) is 2.23. The fourth-order valence-electron chi connectivity index (χ4n) is 2.05. The lowest BCUT2D eigenvalue weighted by Crippen LogP contribution is -2.41. The van der Waals surface area contributed by atoms with Crippen molar-refractivity contribution in [3.05, 3.63) is 24.3 Å². The molecule has 2 rings (SSSR count). The molecule has 1 saturated heterocycles. The van der Waals surface area contributed by atoms with E-state index in [1.165, 1.54) is 5.69 Å². The molecule has 0 spiro atoms. The van der Waals surface area contributed by atoms with Crippen molar-refractivity contribution in [3.63, 3.8) is 0 Å². The Bertz CT molecular complexity index is 323. The first kappa shape index (κ1) is 10.3. The summed E-state index contributed by atoms with van der Waals surface area (Å²) in [6.45, 7) is 3.94. The Hall–Kier alpha value is -1.22. The van der Waals surface area contributed by atoms with Crippen LogP contribution in [-0.4, -0.2) is 24.3 Å². The van der Waals surface area contributed by atoms with Gasteiger partial charge in [-0.2, -0.15) is 0 Å². The maximum atomic E-state index is 9.64. The van der Waals surface area contributed by atoms with Crippen LogP contribution in [0.25, 0.3) is 0 Å². The van der Waals surface area contributed by atoms with Crippen molar-refractivity contribution in [2.75, 3.05) is 23.7 Å². The van der Waals surface area contributed by atoms with E-state index in [2.05, 4.69) is 11.8 Å². The van der Waals surface area contributed by atoms with Gasteiger partial charge in [0.25, 0.3) is 0 Å². The fraction of sp³-hybridized carbons (Fsp3) is 0.500. The molecule has 0 aliphatic carbocycles. The zero-order valence-corrected chi connectivity index (χ0v) is 9.06. The third kappa shape index (κ3) is 2.23. The Morgan fingerprint density at radius 2 is 2.00 bits per heavy atom. The van der Waals surface area contributed by atoms with Crippen LogP contribution in [0.5, 0.6) is 0 Å². The minimum absolute atomic E-state index is 0.143. The van der Waals surface area contributed by atoms with Crippen LogP contribution in [0.15, 0.2) is 24.3 Å². The van der Waals surface area contributed by atoms with Crippen LogP contribution in [0, 0.1) is 5.92 Å². The van der Waals surface area contributed by atoms with E-state index in [4.69, 9.17) is 5.73 Å². The van der Waals surface area contributed by atoms with Crippen molar-refractivity contribution < 1.29 is 5.11 Å². The smallest absolute Gasteiger partial charge is 0.0599 e. The summed E-state index contributed by atoms with van der Waals surface area (Å²) < 4.78 is 0. The minimum atomic E-state index is -0.143. The van der Waals surface area contributed by atoms with Gasteiger partial charge in [0, 0.05) is 24.5 Å². The second-order valence-electron chi connectivity index (χ2n) is 4.37. The molecule has 1 aromatic carbocycles. The molecule has 0 bridgehead atoms. The molecule has 3 N–H and O–H groups in total. The van der Waals surface area contributed by atoms with E-state index >= 15 is 0 Å². The minimum Gasteiger partial charge on any atom is -0.399 e. The number of aliphatic hydroxyl groups is 1. The topological polar surface area (TPSA) is 49.5 Å². The van der Waals surface area contributed by atoms with Crippen LogP contribution >= 0.6 is 0 Å². The third-order valence-electron chi connectivity index (χ3n) is 3.12. The molecule has 3 heteroatoms. The molecule has 0 unspecified atom stereocenters. The van der Waals surface area contributed by atoms with Gasteiger partial charge in [-0.15, -0.1) is 0 Å². The Kier molecular flexibility index (Phi) is 2.82. The lowest BCUT2D eigenvalue weighted by atomic mass is 9.96. The molecule has 82 valence electrons. The summed E-state index contributed by atoms with van der Waals surface area (Å²) in [4.78, 5) is 2.30. The second-order valence-corrected chi connectivity index (χ2v) is 4.37. The van der Waals surface area contributed by atoms with E-state index in [1.807, 2.05) is 24.3 Å². The van der Waals surface area contributed by atoms with Crippen molar-refractivity contribution in [1.82, 2.24) is 0 Å². The highest BCUT2D eigenvalue weighted by atomic mass is 16.3. The summed E-state index contributed by atoms with van der Waals surface area (Å²) >= 11 is 0. The van der Waals surface area contributed by atoms with Crippen molar-refractivity contribution in [2.24, 2.45) is 5.92 Å². The molecular formula is C12H18N2O. The number of nitrogen functional groups attached to an aromatic ring is 1. The fourth-order valence-corrected chi connectivity index (χ4v) is 2.05. The zero-order valence-electron chi connectivity index (χ0n) is 9.06. The first-order valence-corrected chi connectivity index (χ1v) is 5.45. The molecule has 0 saturated carbocycles. The van der Waals surface area contributed by atoms with Gasteiger partial charge in [-0.25, -0.2) is 0 Å². The second kappa shape index (κ2) is 4.11. The van der Waals surface area contributed by atoms with Crippen molar-refractivity contribution >= 4 is 11.4 Å². The number of anilines is 2. The van der Waals surface area contributed by atoms with Crippen molar-refractivity contribution in [2.45, 2.75) is 19.4 Å². The first-order chi connectivity index (χ1) is 7.16. The molecule has 2 atom stereocenters. The maximum Gasteiger partial charge on any atom is 0.0599 e. The van der Waals surface area contributed by atoms with Crippen LogP contribution in [0.3, 0.4) is 0 Å². The Morgan fingerprint density at radius 3 is 2.60 bits per heavy atom. The van der Waals surface area contributed by atoms with E-state index in [-0.39, 0.29) is 6.10 Å². The van der Waals surface area contributed by atoms with Crippen LogP contribution in [-0.2, 0) is 0 Å². The summed E-state index contributed by atoms with van der Waals surface area (Å²) in [7, 11) is 0. The van der Waals surface area contributed by atoms with E-state index in [9.17, 15) is 5.11 Å². The van der Waals surface area contributed by atoms with Crippen LogP contribution in [0.4, 0.5) is 11.4 Å². The maximum absolute atomic E-state index is 9.64. The number of hydrogen-bond acceptors (Lipinski definition) is 3. The lowest BCUT2D eigenvalue weighted by Gasteiger charge is -2.36. The number of nitrogens with zero attached hydrogens (tertiary/aromatic N) is 1. The summed E-state index contributed by atoms with van der Waals surface area (Å²) in [5, 5.41) is 9.64. The van der Waals surface area contributed by atoms with Gasteiger partial charge in [-0.3, -0.25) is 0 Å². The molecule has 0 aromatic heterocycles. The third-order valence-corrected chi connectivity index (χ3v) is 3.12. The molecule has 1 aliphatic rings. The van der Waals surface area contributed by atoms with Gasteiger partial charge in [-0.05, 0) is 36.6 Å². The van der Waals surface area contributed by atoms with E-state index in [0.29, 0.717) is 5.92 Å². The van der Waals surface area contributed by atoms with Crippen LogP contribution < -0.4 is 10.6 Å². The van der Waals surface area contributed by atoms with Gasteiger partial charge < -0.3 is 15.7 Å². The monoisotopic (exact) mass is 206 g/mol. The van der Waals surface area contributed by atoms with Gasteiger partial charge >= 0.3 is 0 Å². The zero-order chi connectivity index (χ0) is 10.8. The van der Waals surface area contributed by atoms with Gasteiger partial charge in [0.05, 0.1) is 6.10 Å². The molecule has 3 nitrogen and oxygen atoms in total. The number of rotatable bonds is 1. The Morgan fingerprint density at radius 1 is 1.33 bits per heavy atom. The largest absolute Gasteiger partial charge is 0.399 e. The molecular weight excluding hydrogens is 188 g/mol. The molecule has 1 fully saturated rings. The molecule has 0 radical (unpaired) electrons. The van der Waals surface area contributed by atoms with Gasteiger partial charge in [0.2, 0.25) is 0 Å². The molecule has 0 amide bonds. The number of benzene rings is 1. The molecule has 1 heterocycles. The normalized spacial score (nSPS) is 26.7. The molecule has 15 heavy (non-hydrogen) atoms. The quantitative estimate of drug-likeness (QED) is 0.684. The van der Waals surface area contributed by atoms with E-state index in [1.54, 1.807) is 0 Å². The van der Waals surface area contributed by atoms with Gasteiger partial charge in [-0.1, -0.05) is 6.92 Å². The highest BCUT2D eigenvalue weighted by Gasteiger charge is 2.23. The Labute approximate surface area is 90.5 Å². The first-order valence-electron chi connectivity index (χ1n) is 5.45. The number of nitrogens with two attached hydrogens (primary N) is 1. The van der Waals surface area contributed by atoms with Gasteiger partial charge in [0.15, 0.2) is 0 Å². The number of piperidine rings is 1. The van der Waals surface area contributed by atoms with E-state index in [0.717, 1.165) is 25.2 Å². The van der Waals surface area contributed by atoms with Crippen LogP contribution in [0.1, 0.15) is 13.3 Å². The summed E-state index contributed by atoms with van der Waals surface area (Å²) in [6.07, 6.45) is 0.709. The SMILES string of the molecule is C[C@@H]1CN(c2ccc(N)cc2)CC[C@@H]1O. The summed E-state index contributed by atoms with van der Waals surface area (Å²) in [5.41, 5.74) is 7.64. The highest BCUT2D eigenvalue weighted by molar-refractivity contribution is 5.53. The van der Waals surface area contributed by atoms with Crippen molar-refractivity contribution in [3.8, 4) is 0 Å². The van der Waals surface area contributed by atoms with Crippen molar-refractivity contribution in [1.29, 1.82) is 0 Å². The highest BCUT2D eigenvalue weighted by Crippen LogP contribution is 2.23. The molecule has 1 aliphatic heterocycles. The summed E-state index contributed by atoms with van der Waals surface area (Å²) in [5.74, 6) is 0.344.